The molecular weight excluding hydrogens is 230 g/mol. The number of aliphatic hydroxyl groups is 1. The second-order valence-electron chi connectivity index (χ2n) is 4.15. The van der Waals surface area contributed by atoms with E-state index in [1.807, 2.05) is 19.2 Å². The summed E-state index contributed by atoms with van der Waals surface area (Å²) in [5.74, 6) is 0.862. The molecule has 0 radical (unpaired) electrons. The van der Waals surface area contributed by atoms with Crippen molar-refractivity contribution in [1.82, 2.24) is 24.6 Å². The van der Waals surface area contributed by atoms with Gasteiger partial charge in [-0.15, -0.1) is 0 Å². The van der Waals surface area contributed by atoms with Gasteiger partial charge in [0.25, 0.3) is 0 Å². The fourth-order valence-corrected chi connectivity index (χ4v) is 1.79. The van der Waals surface area contributed by atoms with Crippen molar-refractivity contribution >= 4 is 0 Å². The van der Waals surface area contributed by atoms with E-state index in [2.05, 4.69) is 20.0 Å². The van der Waals surface area contributed by atoms with Gasteiger partial charge in [0.1, 0.15) is 12.2 Å². The molecule has 0 aliphatic heterocycles. The highest BCUT2D eigenvalue weighted by Crippen LogP contribution is 2.05. The van der Waals surface area contributed by atoms with E-state index in [0.29, 0.717) is 13.1 Å². The van der Waals surface area contributed by atoms with Gasteiger partial charge in [-0.1, -0.05) is 0 Å². The molecule has 2 rings (SSSR count). The number of rotatable bonds is 6. The van der Waals surface area contributed by atoms with Crippen LogP contribution in [0, 0.1) is 0 Å². The molecule has 0 aromatic carbocycles. The average Bonchev–Trinajstić information content (AvgIpc) is 2.78. The minimum atomic E-state index is 0.0738. The zero-order valence-electron chi connectivity index (χ0n) is 10.4. The number of hydrogen-bond donors (Lipinski definition) is 1. The SMILES string of the molecule is CN(Cc1ccncc1)Cc1ncnn1CCO. The predicted molar refractivity (Wildman–Crippen MR) is 66.5 cm³/mol. The maximum Gasteiger partial charge on any atom is 0.141 e. The van der Waals surface area contributed by atoms with E-state index in [-0.39, 0.29) is 6.61 Å². The Morgan fingerprint density at radius 2 is 2.06 bits per heavy atom. The molecule has 6 heteroatoms. The maximum atomic E-state index is 8.92. The third kappa shape index (κ3) is 3.35. The fourth-order valence-electron chi connectivity index (χ4n) is 1.79. The molecule has 6 nitrogen and oxygen atoms in total. The summed E-state index contributed by atoms with van der Waals surface area (Å²) >= 11 is 0. The summed E-state index contributed by atoms with van der Waals surface area (Å²) < 4.78 is 1.73. The summed E-state index contributed by atoms with van der Waals surface area (Å²) in [6.45, 7) is 2.08. The number of aliphatic hydroxyl groups excluding tert-OH is 1. The monoisotopic (exact) mass is 247 g/mol. The predicted octanol–water partition coefficient (Wildman–Crippen LogP) is 0.297. The smallest absolute Gasteiger partial charge is 0.141 e. The van der Waals surface area contributed by atoms with Crippen molar-refractivity contribution in [3.63, 3.8) is 0 Å². The first-order valence-corrected chi connectivity index (χ1v) is 5.84. The molecule has 2 heterocycles. The normalized spacial score (nSPS) is 11.1. The van der Waals surface area contributed by atoms with E-state index < -0.39 is 0 Å². The van der Waals surface area contributed by atoms with Crippen molar-refractivity contribution in [3.05, 3.63) is 42.2 Å². The quantitative estimate of drug-likeness (QED) is 0.795. The first-order chi connectivity index (χ1) is 8.79. The van der Waals surface area contributed by atoms with Crippen LogP contribution in [0.2, 0.25) is 0 Å². The third-order valence-electron chi connectivity index (χ3n) is 2.62. The van der Waals surface area contributed by atoms with Gasteiger partial charge in [0, 0.05) is 18.9 Å². The van der Waals surface area contributed by atoms with Gasteiger partial charge < -0.3 is 5.11 Å². The summed E-state index contributed by atoms with van der Waals surface area (Å²) in [5, 5.41) is 13.0. The van der Waals surface area contributed by atoms with Gasteiger partial charge in [0.15, 0.2) is 0 Å². The van der Waals surface area contributed by atoms with E-state index in [0.717, 1.165) is 12.4 Å². The van der Waals surface area contributed by atoms with E-state index in [1.54, 1.807) is 17.1 Å². The molecule has 0 unspecified atom stereocenters. The largest absolute Gasteiger partial charge is 0.394 e. The van der Waals surface area contributed by atoms with Gasteiger partial charge >= 0.3 is 0 Å². The number of pyridine rings is 1. The first kappa shape index (κ1) is 12.7. The summed E-state index contributed by atoms with van der Waals surface area (Å²) in [4.78, 5) is 10.3. The Bertz CT molecular complexity index is 470. The third-order valence-corrected chi connectivity index (χ3v) is 2.62. The van der Waals surface area contributed by atoms with Crippen LogP contribution in [0.4, 0.5) is 0 Å². The first-order valence-electron chi connectivity index (χ1n) is 5.84. The summed E-state index contributed by atoms with van der Waals surface area (Å²) in [6.07, 6.45) is 5.10. The minimum absolute atomic E-state index is 0.0738. The molecule has 1 N–H and O–H groups in total. The molecule has 0 saturated carbocycles. The van der Waals surface area contributed by atoms with Crippen molar-refractivity contribution in [2.45, 2.75) is 19.6 Å². The molecular formula is C12H17N5O. The van der Waals surface area contributed by atoms with Crippen LogP contribution in [0.1, 0.15) is 11.4 Å². The van der Waals surface area contributed by atoms with Gasteiger partial charge in [-0.05, 0) is 24.7 Å². The zero-order chi connectivity index (χ0) is 12.8. The van der Waals surface area contributed by atoms with Crippen LogP contribution >= 0.6 is 0 Å². The second kappa shape index (κ2) is 6.23. The van der Waals surface area contributed by atoms with Crippen LogP contribution in [0.5, 0.6) is 0 Å². The lowest BCUT2D eigenvalue weighted by Gasteiger charge is -2.16. The molecule has 96 valence electrons. The molecule has 2 aromatic rings. The summed E-state index contributed by atoms with van der Waals surface area (Å²) in [7, 11) is 2.03. The molecule has 2 aromatic heterocycles. The van der Waals surface area contributed by atoms with E-state index >= 15 is 0 Å². The molecule has 0 bridgehead atoms. The number of hydrogen-bond acceptors (Lipinski definition) is 5. The fraction of sp³-hybridized carbons (Fsp3) is 0.417. The van der Waals surface area contributed by atoms with E-state index in [1.165, 1.54) is 11.9 Å². The lowest BCUT2D eigenvalue weighted by Crippen LogP contribution is -2.21. The molecule has 0 fully saturated rings. The molecule has 0 atom stereocenters. The van der Waals surface area contributed by atoms with Crippen molar-refractivity contribution in [2.24, 2.45) is 0 Å². The Kier molecular flexibility index (Phi) is 4.38. The highest BCUT2D eigenvalue weighted by molar-refractivity contribution is 5.09. The summed E-state index contributed by atoms with van der Waals surface area (Å²) in [5.41, 5.74) is 1.21. The second-order valence-corrected chi connectivity index (χ2v) is 4.15. The van der Waals surface area contributed by atoms with Crippen LogP contribution in [-0.2, 0) is 19.6 Å². The van der Waals surface area contributed by atoms with Gasteiger partial charge in [0.2, 0.25) is 0 Å². The molecule has 18 heavy (non-hydrogen) atoms. The summed E-state index contributed by atoms with van der Waals surface area (Å²) in [6, 6.07) is 3.99. The Hall–Kier alpha value is -1.79. The van der Waals surface area contributed by atoms with Crippen molar-refractivity contribution < 1.29 is 5.11 Å². The Morgan fingerprint density at radius 1 is 1.28 bits per heavy atom. The average molecular weight is 247 g/mol. The van der Waals surface area contributed by atoms with Gasteiger partial charge in [-0.25, -0.2) is 9.67 Å². The van der Waals surface area contributed by atoms with Gasteiger partial charge in [0.05, 0.1) is 19.7 Å². The van der Waals surface area contributed by atoms with Crippen molar-refractivity contribution in [2.75, 3.05) is 13.7 Å². The molecule has 0 amide bonds. The highest BCUT2D eigenvalue weighted by Gasteiger charge is 2.07. The van der Waals surface area contributed by atoms with Crippen LogP contribution in [-0.4, -0.2) is 43.4 Å². The van der Waals surface area contributed by atoms with Gasteiger partial charge in [-0.2, -0.15) is 5.10 Å². The molecule has 0 saturated heterocycles. The topological polar surface area (TPSA) is 67.1 Å². The number of aromatic nitrogens is 4. The van der Waals surface area contributed by atoms with E-state index in [9.17, 15) is 0 Å². The maximum absolute atomic E-state index is 8.92. The lowest BCUT2D eigenvalue weighted by atomic mass is 10.2. The number of nitrogens with zero attached hydrogens (tertiary/aromatic N) is 5. The highest BCUT2D eigenvalue weighted by atomic mass is 16.3. The van der Waals surface area contributed by atoms with Gasteiger partial charge in [-0.3, -0.25) is 9.88 Å². The van der Waals surface area contributed by atoms with E-state index in [4.69, 9.17) is 5.11 Å². The van der Waals surface area contributed by atoms with Crippen molar-refractivity contribution in [3.8, 4) is 0 Å². The Labute approximate surface area is 106 Å². The minimum Gasteiger partial charge on any atom is -0.394 e. The van der Waals surface area contributed by atoms with Crippen LogP contribution < -0.4 is 0 Å². The standard InChI is InChI=1S/C12H17N5O/c1-16(8-11-2-4-13-5-3-11)9-12-14-10-15-17(12)6-7-18/h2-5,10,18H,6-9H2,1H3. The van der Waals surface area contributed by atoms with Crippen molar-refractivity contribution in [1.29, 1.82) is 0 Å². The Morgan fingerprint density at radius 3 is 2.78 bits per heavy atom. The molecule has 0 spiro atoms. The molecule has 0 aliphatic rings. The zero-order valence-corrected chi connectivity index (χ0v) is 10.4. The van der Waals surface area contributed by atoms with Crippen LogP contribution in [0.25, 0.3) is 0 Å². The Balaban J connectivity index is 1.94. The lowest BCUT2D eigenvalue weighted by molar-refractivity contribution is 0.256. The van der Waals surface area contributed by atoms with Crippen LogP contribution in [0.15, 0.2) is 30.9 Å². The van der Waals surface area contributed by atoms with Crippen LogP contribution in [0.3, 0.4) is 0 Å². The molecule has 0 aliphatic carbocycles.